The van der Waals surface area contributed by atoms with Gasteiger partial charge in [0, 0.05) is 30.7 Å². The second-order valence-electron chi connectivity index (χ2n) is 6.88. The topological polar surface area (TPSA) is 15.3 Å². The average Bonchev–Trinajstić information content (AvgIpc) is 2.47. The minimum atomic E-state index is 0.244. The third-order valence-corrected chi connectivity index (χ3v) is 5.11. The van der Waals surface area contributed by atoms with Crippen molar-refractivity contribution in [1.29, 1.82) is 0 Å². The molecule has 0 amide bonds. The van der Waals surface area contributed by atoms with Crippen LogP contribution in [0.1, 0.15) is 52.6 Å². The van der Waals surface area contributed by atoms with E-state index in [2.05, 4.69) is 75.2 Å². The van der Waals surface area contributed by atoms with Crippen molar-refractivity contribution in [2.75, 3.05) is 13.1 Å². The Morgan fingerprint density at radius 1 is 1.25 bits per heavy atom. The molecule has 0 saturated carbocycles. The minimum absolute atomic E-state index is 0.244. The molecule has 1 N–H and O–H groups in total. The number of hydrogen-bond donors (Lipinski definition) is 1. The van der Waals surface area contributed by atoms with Crippen molar-refractivity contribution in [1.82, 2.24) is 10.2 Å². The van der Waals surface area contributed by atoms with E-state index in [0.717, 1.165) is 13.1 Å². The molecule has 3 unspecified atom stereocenters. The average molecular weight is 274 g/mol. The maximum atomic E-state index is 3.78. The van der Waals surface area contributed by atoms with Crippen LogP contribution in [0.5, 0.6) is 0 Å². The molecule has 0 bridgehead atoms. The molecular weight excluding hydrogens is 244 g/mol. The smallest absolute Gasteiger partial charge is 0.0476 e. The zero-order valence-electron chi connectivity index (χ0n) is 13.7. The molecule has 0 aromatic heterocycles. The number of benzene rings is 1. The Bertz CT molecular complexity index is 415. The second kappa shape index (κ2) is 6.28. The first-order valence-corrected chi connectivity index (χ1v) is 8.02. The molecule has 2 heteroatoms. The molecule has 112 valence electrons. The predicted molar refractivity (Wildman–Crippen MR) is 86.9 cm³/mol. The maximum Gasteiger partial charge on any atom is 0.0476 e. The molecule has 1 heterocycles. The molecule has 0 radical (unpaired) electrons. The Hall–Kier alpha value is -0.860. The van der Waals surface area contributed by atoms with Gasteiger partial charge >= 0.3 is 0 Å². The zero-order chi connectivity index (χ0) is 14.8. The number of nitrogens with one attached hydrogen (secondary N) is 1. The van der Waals surface area contributed by atoms with Crippen molar-refractivity contribution in [3.05, 3.63) is 35.9 Å². The highest BCUT2D eigenvalue weighted by Gasteiger charge is 2.37. The number of nitrogens with zero attached hydrogens (tertiary/aromatic N) is 1. The van der Waals surface area contributed by atoms with E-state index in [1.165, 1.54) is 12.0 Å². The molecule has 1 aromatic carbocycles. The largest absolute Gasteiger partial charge is 0.308 e. The van der Waals surface area contributed by atoms with Gasteiger partial charge in [0.1, 0.15) is 0 Å². The standard InChI is InChI=1S/C18H30N2/c1-6-18(5)13-20(15(4)14(2)3)17(12-19-18)16-10-8-7-9-11-16/h7-11,14-15,17,19H,6,12-13H2,1-5H3. The first kappa shape index (κ1) is 15.5. The number of piperazine rings is 1. The summed E-state index contributed by atoms with van der Waals surface area (Å²) >= 11 is 0. The summed E-state index contributed by atoms with van der Waals surface area (Å²) in [7, 11) is 0. The van der Waals surface area contributed by atoms with Crippen LogP contribution in [-0.4, -0.2) is 29.6 Å². The maximum absolute atomic E-state index is 3.78. The lowest BCUT2D eigenvalue weighted by Gasteiger charge is -2.49. The normalized spacial score (nSPS) is 29.6. The molecule has 0 aliphatic carbocycles. The van der Waals surface area contributed by atoms with Crippen LogP contribution in [0, 0.1) is 5.92 Å². The third kappa shape index (κ3) is 3.24. The van der Waals surface area contributed by atoms with Crippen LogP contribution in [0.25, 0.3) is 0 Å². The Morgan fingerprint density at radius 2 is 1.90 bits per heavy atom. The van der Waals surface area contributed by atoms with Crippen molar-refractivity contribution in [2.45, 2.75) is 58.7 Å². The van der Waals surface area contributed by atoms with Crippen LogP contribution in [0.4, 0.5) is 0 Å². The summed E-state index contributed by atoms with van der Waals surface area (Å²) in [5, 5.41) is 3.78. The summed E-state index contributed by atoms with van der Waals surface area (Å²) in [6.45, 7) is 13.9. The predicted octanol–water partition coefficient (Wildman–Crippen LogP) is 3.85. The zero-order valence-corrected chi connectivity index (χ0v) is 13.7. The van der Waals surface area contributed by atoms with Gasteiger partial charge in [0.15, 0.2) is 0 Å². The third-order valence-electron chi connectivity index (χ3n) is 5.11. The van der Waals surface area contributed by atoms with E-state index in [-0.39, 0.29) is 5.54 Å². The molecule has 2 rings (SSSR count). The molecule has 1 saturated heterocycles. The van der Waals surface area contributed by atoms with Gasteiger partial charge in [-0.1, -0.05) is 51.1 Å². The lowest BCUT2D eigenvalue weighted by molar-refractivity contribution is 0.0342. The summed E-state index contributed by atoms with van der Waals surface area (Å²) in [6, 6.07) is 12.0. The fourth-order valence-corrected chi connectivity index (χ4v) is 3.06. The summed E-state index contributed by atoms with van der Waals surface area (Å²) in [4.78, 5) is 2.71. The monoisotopic (exact) mass is 274 g/mol. The summed E-state index contributed by atoms with van der Waals surface area (Å²) in [5.41, 5.74) is 1.68. The molecule has 1 fully saturated rings. The van der Waals surface area contributed by atoms with Crippen LogP contribution >= 0.6 is 0 Å². The van der Waals surface area contributed by atoms with Gasteiger partial charge in [0.2, 0.25) is 0 Å². The number of rotatable bonds is 4. The first-order valence-electron chi connectivity index (χ1n) is 8.02. The molecule has 1 aliphatic heterocycles. The lowest BCUT2D eigenvalue weighted by Crippen LogP contribution is -2.61. The highest BCUT2D eigenvalue weighted by Crippen LogP contribution is 2.32. The van der Waals surface area contributed by atoms with Gasteiger partial charge in [-0.25, -0.2) is 0 Å². The van der Waals surface area contributed by atoms with Crippen molar-refractivity contribution >= 4 is 0 Å². The van der Waals surface area contributed by atoms with E-state index in [1.54, 1.807) is 0 Å². The Labute approximate surface area is 124 Å². The van der Waals surface area contributed by atoms with E-state index < -0.39 is 0 Å². The van der Waals surface area contributed by atoms with Crippen molar-refractivity contribution in [3.63, 3.8) is 0 Å². The second-order valence-corrected chi connectivity index (χ2v) is 6.88. The van der Waals surface area contributed by atoms with Gasteiger partial charge in [-0.15, -0.1) is 0 Å². The molecule has 0 spiro atoms. The molecule has 2 nitrogen and oxygen atoms in total. The molecular formula is C18H30N2. The molecule has 1 aliphatic rings. The fourth-order valence-electron chi connectivity index (χ4n) is 3.06. The van der Waals surface area contributed by atoms with Crippen molar-refractivity contribution in [2.24, 2.45) is 5.92 Å². The minimum Gasteiger partial charge on any atom is -0.308 e. The summed E-state index contributed by atoms with van der Waals surface area (Å²) in [5.74, 6) is 0.681. The van der Waals surface area contributed by atoms with Crippen LogP contribution in [0.2, 0.25) is 0 Å². The van der Waals surface area contributed by atoms with E-state index in [9.17, 15) is 0 Å². The van der Waals surface area contributed by atoms with Crippen molar-refractivity contribution < 1.29 is 0 Å². The first-order chi connectivity index (χ1) is 9.47. The number of hydrogen-bond acceptors (Lipinski definition) is 2. The van der Waals surface area contributed by atoms with Gasteiger partial charge in [-0.3, -0.25) is 4.90 Å². The van der Waals surface area contributed by atoms with Crippen LogP contribution < -0.4 is 5.32 Å². The SMILES string of the molecule is CCC1(C)CN(C(C)C(C)C)C(c2ccccc2)CN1. The van der Waals surface area contributed by atoms with Crippen LogP contribution in [-0.2, 0) is 0 Å². The Morgan fingerprint density at radius 3 is 2.45 bits per heavy atom. The quantitative estimate of drug-likeness (QED) is 0.897. The Balaban J connectivity index is 2.26. The van der Waals surface area contributed by atoms with E-state index >= 15 is 0 Å². The van der Waals surface area contributed by atoms with Gasteiger partial charge in [0.05, 0.1) is 0 Å². The van der Waals surface area contributed by atoms with Gasteiger partial charge in [0.25, 0.3) is 0 Å². The summed E-state index contributed by atoms with van der Waals surface area (Å²) < 4.78 is 0. The molecule has 3 atom stereocenters. The lowest BCUT2D eigenvalue weighted by atomic mass is 9.88. The molecule has 20 heavy (non-hydrogen) atoms. The van der Waals surface area contributed by atoms with Gasteiger partial charge in [-0.2, -0.15) is 0 Å². The highest BCUT2D eigenvalue weighted by molar-refractivity contribution is 5.21. The van der Waals surface area contributed by atoms with E-state index in [0.29, 0.717) is 18.0 Å². The highest BCUT2D eigenvalue weighted by atomic mass is 15.3. The van der Waals surface area contributed by atoms with Gasteiger partial charge < -0.3 is 5.32 Å². The van der Waals surface area contributed by atoms with Crippen LogP contribution in [0.3, 0.4) is 0 Å². The fraction of sp³-hybridized carbons (Fsp3) is 0.667. The van der Waals surface area contributed by atoms with Gasteiger partial charge in [-0.05, 0) is 31.7 Å². The van der Waals surface area contributed by atoms with E-state index in [1.807, 2.05) is 0 Å². The van der Waals surface area contributed by atoms with E-state index in [4.69, 9.17) is 0 Å². The van der Waals surface area contributed by atoms with Crippen LogP contribution in [0.15, 0.2) is 30.3 Å². The Kier molecular flexibility index (Phi) is 4.87. The van der Waals surface area contributed by atoms with Crippen molar-refractivity contribution in [3.8, 4) is 0 Å². The molecule has 1 aromatic rings. The summed E-state index contributed by atoms with van der Waals surface area (Å²) in [6.07, 6.45) is 1.18.